The third kappa shape index (κ3) is 24.0. The second kappa shape index (κ2) is 15.6. The Labute approximate surface area is 107 Å². The molecule has 0 unspecified atom stereocenters. The van der Waals surface area contributed by atoms with Crippen LogP contribution in [0, 0.1) is 0 Å². The molecule has 0 bridgehead atoms. The first-order valence-corrected chi connectivity index (χ1v) is 5.79. The van der Waals surface area contributed by atoms with Crippen LogP contribution in [0.5, 0.6) is 0 Å². The molecule has 0 fully saturated rings. The van der Waals surface area contributed by atoms with Crippen molar-refractivity contribution in [2.24, 2.45) is 11.5 Å². The average Bonchev–Trinajstić information content (AvgIpc) is 2.32. The van der Waals surface area contributed by atoms with E-state index in [1.54, 1.807) is 0 Å². The quantitative estimate of drug-likeness (QED) is 0.275. The smallest absolute Gasteiger partial charge is 0.328 e. The summed E-state index contributed by atoms with van der Waals surface area (Å²) in [5, 5.41) is 18.9. The Morgan fingerprint density at radius 1 is 0.889 bits per heavy atom. The minimum atomic E-state index is -1.26. The molecule has 0 aliphatic heterocycles. The largest absolute Gasteiger partial charge is 0.478 e. The fourth-order valence-corrected chi connectivity index (χ4v) is 0.889. The van der Waals surface area contributed by atoms with Gasteiger partial charge in [-0.3, -0.25) is 0 Å². The van der Waals surface area contributed by atoms with Crippen LogP contribution < -0.4 is 16.8 Å². The van der Waals surface area contributed by atoms with Crippen molar-refractivity contribution in [2.45, 2.75) is 19.3 Å². The third-order valence-electron chi connectivity index (χ3n) is 1.73. The molecule has 0 aromatic rings. The number of nitrogens with one attached hydrogen (secondary N) is 1. The van der Waals surface area contributed by atoms with Crippen molar-refractivity contribution >= 4 is 11.9 Å². The summed E-state index contributed by atoms with van der Waals surface area (Å²) in [7, 11) is 0. The Morgan fingerprint density at radius 3 is 1.72 bits per heavy atom. The topological polar surface area (TPSA) is 139 Å². The highest BCUT2D eigenvalue weighted by atomic mass is 16.4. The zero-order valence-corrected chi connectivity index (χ0v) is 10.5. The fraction of sp³-hybridized carbons (Fsp3) is 0.636. The van der Waals surface area contributed by atoms with Gasteiger partial charge in [0, 0.05) is 12.2 Å². The van der Waals surface area contributed by atoms with E-state index in [-0.39, 0.29) is 0 Å². The normalized spacial score (nSPS) is 9.89. The Morgan fingerprint density at radius 2 is 1.33 bits per heavy atom. The predicted molar refractivity (Wildman–Crippen MR) is 69.2 cm³/mol. The van der Waals surface area contributed by atoms with Gasteiger partial charge < -0.3 is 27.0 Å². The van der Waals surface area contributed by atoms with Crippen molar-refractivity contribution in [3.05, 3.63) is 12.2 Å². The molecule has 7 N–H and O–H groups in total. The van der Waals surface area contributed by atoms with Crippen molar-refractivity contribution in [2.75, 3.05) is 26.2 Å². The number of hydrogen-bond donors (Lipinski definition) is 5. The van der Waals surface area contributed by atoms with Crippen molar-refractivity contribution in [1.82, 2.24) is 5.32 Å². The van der Waals surface area contributed by atoms with Crippen molar-refractivity contribution < 1.29 is 19.8 Å². The predicted octanol–water partition coefficient (Wildman–Crippen LogP) is -0.624. The zero-order chi connectivity index (χ0) is 14.2. The summed E-state index contributed by atoms with van der Waals surface area (Å²) in [6.45, 7) is 3.71. The van der Waals surface area contributed by atoms with Gasteiger partial charge in [-0.25, -0.2) is 9.59 Å². The van der Waals surface area contributed by atoms with E-state index in [1.807, 2.05) is 0 Å². The van der Waals surface area contributed by atoms with E-state index in [1.165, 1.54) is 6.42 Å². The van der Waals surface area contributed by atoms with Crippen LogP contribution in [0.3, 0.4) is 0 Å². The summed E-state index contributed by atoms with van der Waals surface area (Å²) in [5.41, 5.74) is 10.6. The van der Waals surface area contributed by atoms with Gasteiger partial charge in [0.1, 0.15) is 0 Å². The highest BCUT2D eigenvalue weighted by Gasteiger charge is 1.88. The molecule has 0 saturated carbocycles. The van der Waals surface area contributed by atoms with Gasteiger partial charge in [0.2, 0.25) is 0 Å². The number of carbonyl (C=O) groups is 2. The van der Waals surface area contributed by atoms with Crippen LogP contribution in [-0.2, 0) is 9.59 Å². The molecule has 0 rings (SSSR count). The van der Waals surface area contributed by atoms with Crippen molar-refractivity contribution in [3.8, 4) is 0 Å². The zero-order valence-electron chi connectivity index (χ0n) is 10.5. The molecule has 0 aromatic carbocycles. The monoisotopic (exact) mass is 261 g/mol. The first-order valence-electron chi connectivity index (χ1n) is 5.79. The number of rotatable bonds is 9. The summed E-state index contributed by atoms with van der Waals surface area (Å²) >= 11 is 0. The van der Waals surface area contributed by atoms with Gasteiger partial charge in [0.25, 0.3) is 0 Å². The lowest BCUT2D eigenvalue weighted by atomic mass is 10.3. The van der Waals surface area contributed by atoms with E-state index in [4.69, 9.17) is 21.7 Å². The number of aliphatic carboxylic acids is 2. The summed E-state index contributed by atoms with van der Waals surface area (Å²) in [4.78, 5) is 19.1. The second-order valence-electron chi connectivity index (χ2n) is 3.40. The molecule has 0 heterocycles. The van der Waals surface area contributed by atoms with Gasteiger partial charge >= 0.3 is 11.9 Å². The first kappa shape index (κ1) is 18.9. The molecule has 0 saturated heterocycles. The number of hydrogen-bond acceptors (Lipinski definition) is 5. The highest BCUT2D eigenvalue weighted by Crippen LogP contribution is 1.81. The standard InChI is InChI=1S/C7H19N3.C4H4O4/c8-4-1-2-6-10-7-3-5-9;5-3(6)1-2-4(7)8/h10H,1-9H2;1-2H,(H,5,6)(H,7,8). The summed E-state index contributed by atoms with van der Waals surface area (Å²) in [5.74, 6) is -2.51. The summed E-state index contributed by atoms with van der Waals surface area (Å²) in [6, 6.07) is 0. The maximum atomic E-state index is 9.55. The molecule has 0 aliphatic carbocycles. The van der Waals surface area contributed by atoms with E-state index >= 15 is 0 Å². The molecule has 0 aromatic heterocycles. The van der Waals surface area contributed by atoms with E-state index in [0.29, 0.717) is 12.2 Å². The van der Waals surface area contributed by atoms with Gasteiger partial charge in [0.15, 0.2) is 0 Å². The van der Waals surface area contributed by atoms with E-state index in [2.05, 4.69) is 5.32 Å². The van der Waals surface area contributed by atoms with Gasteiger partial charge in [0.05, 0.1) is 0 Å². The Hall–Kier alpha value is -1.44. The molecule has 0 atom stereocenters. The van der Waals surface area contributed by atoms with Crippen molar-refractivity contribution in [3.63, 3.8) is 0 Å². The molecule has 0 amide bonds. The number of carboxylic acids is 2. The molecule has 0 aliphatic rings. The third-order valence-corrected chi connectivity index (χ3v) is 1.73. The second-order valence-corrected chi connectivity index (χ2v) is 3.40. The van der Waals surface area contributed by atoms with E-state index in [0.717, 1.165) is 39.0 Å². The number of unbranched alkanes of at least 4 members (excludes halogenated alkanes) is 1. The molecule has 0 radical (unpaired) electrons. The van der Waals surface area contributed by atoms with Crippen LogP contribution in [0.25, 0.3) is 0 Å². The molecule has 0 spiro atoms. The van der Waals surface area contributed by atoms with Gasteiger partial charge in [-0.2, -0.15) is 0 Å². The number of carboxylic acid groups (broad SMARTS) is 2. The van der Waals surface area contributed by atoms with Crippen LogP contribution >= 0.6 is 0 Å². The molecular formula is C11H23N3O4. The Balaban J connectivity index is 0. The average molecular weight is 261 g/mol. The maximum absolute atomic E-state index is 9.55. The van der Waals surface area contributed by atoms with Crippen LogP contribution in [0.2, 0.25) is 0 Å². The fourth-order valence-electron chi connectivity index (χ4n) is 0.889. The summed E-state index contributed by atoms with van der Waals surface area (Å²) in [6.07, 6.45) is 4.49. The lowest BCUT2D eigenvalue weighted by Crippen LogP contribution is -2.19. The van der Waals surface area contributed by atoms with Gasteiger partial charge in [-0.1, -0.05) is 0 Å². The van der Waals surface area contributed by atoms with Crippen LogP contribution in [0.15, 0.2) is 12.2 Å². The number of nitrogens with two attached hydrogens (primary N) is 2. The van der Waals surface area contributed by atoms with Crippen molar-refractivity contribution in [1.29, 1.82) is 0 Å². The molecule has 7 nitrogen and oxygen atoms in total. The Bertz CT molecular complexity index is 220. The molecule has 106 valence electrons. The molecular weight excluding hydrogens is 238 g/mol. The Kier molecular flexibility index (Phi) is 16.3. The van der Waals surface area contributed by atoms with Gasteiger partial charge in [-0.05, 0) is 45.4 Å². The lowest BCUT2D eigenvalue weighted by molar-refractivity contribution is -0.134. The first-order chi connectivity index (χ1) is 8.54. The van der Waals surface area contributed by atoms with E-state index < -0.39 is 11.9 Å². The summed E-state index contributed by atoms with van der Waals surface area (Å²) < 4.78 is 0. The van der Waals surface area contributed by atoms with Gasteiger partial charge in [-0.15, -0.1) is 0 Å². The van der Waals surface area contributed by atoms with Crippen LogP contribution in [-0.4, -0.2) is 48.3 Å². The van der Waals surface area contributed by atoms with E-state index in [9.17, 15) is 9.59 Å². The minimum absolute atomic E-state index is 0.558. The molecule has 18 heavy (non-hydrogen) atoms. The van der Waals surface area contributed by atoms with Crippen LogP contribution in [0.4, 0.5) is 0 Å². The highest BCUT2D eigenvalue weighted by molar-refractivity contribution is 5.89. The lowest BCUT2D eigenvalue weighted by Gasteiger charge is -2.01. The maximum Gasteiger partial charge on any atom is 0.328 e. The molecule has 7 heteroatoms. The van der Waals surface area contributed by atoms with Crippen LogP contribution in [0.1, 0.15) is 19.3 Å². The minimum Gasteiger partial charge on any atom is -0.478 e. The SMILES string of the molecule is NCCCCNCCCN.O=C(O)C=CC(=O)O.